The Balaban J connectivity index is 2.31. The molecule has 2 heterocycles. The van der Waals surface area contributed by atoms with E-state index in [1.54, 1.807) is 6.20 Å². The lowest BCUT2D eigenvalue weighted by atomic mass is 10.1. The molecule has 0 fully saturated rings. The molecule has 4 nitrogen and oxygen atoms in total. The van der Waals surface area contributed by atoms with E-state index in [2.05, 4.69) is 15.6 Å². The normalized spacial score (nSPS) is 19.9. The zero-order valence-corrected chi connectivity index (χ0v) is 9.00. The van der Waals surface area contributed by atoms with Crippen LogP contribution in [0.25, 0.3) is 0 Å². The van der Waals surface area contributed by atoms with Crippen LogP contribution < -0.4 is 10.6 Å². The van der Waals surface area contributed by atoms with Crippen LogP contribution in [0.2, 0.25) is 0 Å². The molecule has 0 radical (unpaired) electrons. The molecule has 2 rings (SSSR count). The number of nitrogens with zero attached hydrogens (tertiary/aromatic N) is 1. The van der Waals surface area contributed by atoms with Gasteiger partial charge in [0.1, 0.15) is 5.82 Å². The number of aromatic nitrogens is 1. The summed E-state index contributed by atoms with van der Waals surface area (Å²) in [4.78, 5) is 16.0. The van der Waals surface area contributed by atoms with Crippen molar-refractivity contribution >= 4 is 17.4 Å². The average Bonchev–Trinajstić information content (AvgIpc) is 2.35. The molecule has 1 atom stereocenters. The van der Waals surface area contributed by atoms with Crippen LogP contribution in [0.15, 0.2) is 12.3 Å². The summed E-state index contributed by atoms with van der Waals surface area (Å²) in [5.41, 5.74) is 1.83. The van der Waals surface area contributed by atoms with Crippen LogP contribution in [0.3, 0.4) is 0 Å². The third-order valence-corrected chi connectivity index (χ3v) is 2.66. The van der Waals surface area contributed by atoms with Gasteiger partial charge in [0.2, 0.25) is 5.91 Å². The second kappa shape index (κ2) is 3.88. The third kappa shape index (κ3) is 1.93. The van der Waals surface area contributed by atoms with Crippen molar-refractivity contribution in [1.82, 2.24) is 4.98 Å². The number of hydrogen-bond acceptors (Lipinski definition) is 3. The minimum Gasteiger partial charge on any atom is -0.368 e. The Labute approximate surface area is 89.1 Å². The number of nitrogens with one attached hydrogen (secondary N) is 2. The van der Waals surface area contributed by atoms with E-state index < -0.39 is 0 Å². The van der Waals surface area contributed by atoms with Crippen LogP contribution in [-0.4, -0.2) is 17.4 Å². The molecule has 1 unspecified atom stereocenters. The van der Waals surface area contributed by atoms with Crippen molar-refractivity contribution in [2.75, 3.05) is 17.2 Å². The van der Waals surface area contributed by atoms with Gasteiger partial charge in [-0.1, -0.05) is 6.92 Å². The van der Waals surface area contributed by atoms with Gasteiger partial charge in [-0.05, 0) is 25.0 Å². The van der Waals surface area contributed by atoms with Crippen molar-refractivity contribution in [2.24, 2.45) is 5.92 Å². The number of rotatable bonds is 1. The van der Waals surface area contributed by atoms with E-state index in [1.165, 1.54) is 0 Å². The summed E-state index contributed by atoms with van der Waals surface area (Å²) in [7, 11) is 0. The van der Waals surface area contributed by atoms with Gasteiger partial charge in [-0.25, -0.2) is 4.98 Å². The van der Waals surface area contributed by atoms with Gasteiger partial charge in [-0.2, -0.15) is 0 Å². The lowest BCUT2D eigenvalue weighted by Crippen LogP contribution is -2.24. The number of fused-ring (bicyclic) bond motifs is 1. The van der Waals surface area contributed by atoms with Gasteiger partial charge in [-0.3, -0.25) is 4.79 Å². The fourth-order valence-corrected chi connectivity index (χ4v) is 1.68. The topological polar surface area (TPSA) is 54.0 Å². The van der Waals surface area contributed by atoms with Gasteiger partial charge in [-0.15, -0.1) is 0 Å². The van der Waals surface area contributed by atoms with Gasteiger partial charge in [0, 0.05) is 12.7 Å². The summed E-state index contributed by atoms with van der Waals surface area (Å²) in [6.45, 7) is 4.63. The third-order valence-electron chi connectivity index (χ3n) is 2.66. The highest BCUT2D eigenvalue weighted by molar-refractivity contribution is 5.96. The van der Waals surface area contributed by atoms with Crippen molar-refractivity contribution in [3.63, 3.8) is 0 Å². The first kappa shape index (κ1) is 9.96. The van der Waals surface area contributed by atoms with Gasteiger partial charge in [0.15, 0.2) is 0 Å². The van der Waals surface area contributed by atoms with Crippen molar-refractivity contribution < 1.29 is 4.79 Å². The van der Waals surface area contributed by atoms with Crippen LogP contribution in [0.1, 0.15) is 18.9 Å². The quantitative estimate of drug-likeness (QED) is 0.734. The van der Waals surface area contributed by atoms with Gasteiger partial charge < -0.3 is 10.6 Å². The van der Waals surface area contributed by atoms with Crippen molar-refractivity contribution in [2.45, 2.75) is 20.3 Å². The number of anilines is 2. The number of hydrogen-bond donors (Lipinski definition) is 2. The van der Waals surface area contributed by atoms with Gasteiger partial charge in [0.25, 0.3) is 0 Å². The Bertz CT molecular complexity index is 389. The maximum atomic E-state index is 11.7. The molecule has 0 saturated heterocycles. The van der Waals surface area contributed by atoms with E-state index >= 15 is 0 Å². The number of amides is 1. The molecular weight excluding hydrogens is 190 g/mol. The standard InChI is InChI=1S/C11H15N3O/c1-3-8-6-13-10-9(14-11(8)15)4-7(2)5-12-10/h4-5,8H,3,6H2,1-2H3,(H,12,13)(H,14,15). The fourth-order valence-electron chi connectivity index (χ4n) is 1.68. The first-order chi connectivity index (χ1) is 7.20. The largest absolute Gasteiger partial charge is 0.368 e. The molecule has 2 N–H and O–H groups in total. The van der Waals surface area contributed by atoms with Crippen molar-refractivity contribution in [1.29, 1.82) is 0 Å². The minimum atomic E-state index is 0.0273. The van der Waals surface area contributed by atoms with Crippen molar-refractivity contribution in [3.05, 3.63) is 17.8 Å². The maximum Gasteiger partial charge on any atom is 0.229 e. The zero-order chi connectivity index (χ0) is 10.8. The first-order valence-corrected chi connectivity index (χ1v) is 5.22. The maximum absolute atomic E-state index is 11.7. The van der Waals surface area contributed by atoms with Crippen LogP contribution in [0.5, 0.6) is 0 Å². The van der Waals surface area contributed by atoms with Crippen molar-refractivity contribution in [3.8, 4) is 0 Å². The lowest BCUT2D eigenvalue weighted by molar-refractivity contribution is -0.119. The number of carbonyl (C=O) groups is 1. The molecule has 1 aliphatic rings. The average molecular weight is 205 g/mol. The highest BCUT2D eigenvalue weighted by Crippen LogP contribution is 2.24. The zero-order valence-electron chi connectivity index (χ0n) is 9.00. The molecule has 4 heteroatoms. The Morgan fingerprint density at radius 2 is 2.40 bits per heavy atom. The van der Waals surface area contributed by atoms with Crippen LogP contribution >= 0.6 is 0 Å². The summed E-state index contributed by atoms with van der Waals surface area (Å²) in [5, 5.41) is 6.09. The lowest BCUT2D eigenvalue weighted by Gasteiger charge is -2.08. The second-order valence-electron chi connectivity index (χ2n) is 3.88. The Morgan fingerprint density at radius 1 is 1.60 bits per heavy atom. The smallest absolute Gasteiger partial charge is 0.229 e. The molecule has 80 valence electrons. The molecule has 0 saturated carbocycles. The van der Waals surface area contributed by atoms with Crippen LogP contribution in [0, 0.1) is 12.8 Å². The predicted molar refractivity (Wildman–Crippen MR) is 59.9 cm³/mol. The predicted octanol–water partition coefficient (Wildman–Crippen LogP) is 1.78. The Morgan fingerprint density at radius 3 is 3.13 bits per heavy atom. The molecule has 1 aliphatic heterocycles. The van der Waals surface area contributed by atoms with Gasteiger partial charge >= 0.3 is 0 Å². The van der Waals surface area contributed by atoms with E-state index in [4.69, 9.17) is 0 Å². The summed E-state index contributed by atoms with van der Waals surface area (Å²) in [5.74, 6) is 0.876. The molecule has 0 spiro atoms. The van der Waals surface area contributed by atoms with Gasteiger partial charge in [0.05, 0.1) is 11.6 Å². The Hall–Kier alpha value is -1.58. The summed E-state index contributed by atoms with van der Waals surface area (Å²) < 4.78 is 0. The van der Waals surface area contributed by atoms with E-state index in [-0.39, 0.29) is 11.8 Å². The number of pyridine rings is 1. The van der Waals surface area contributed by atoms with E-state index in [0.717, 1.165) is 23.5 Å². The second-order valence-corrected chi connectivity index (χ2v) is 3.88. The monoisotopic (exact) mass is 205 g/mol. The summed E-state index contributed by atoms with van der Waals surface area (Å²) in [6.07, 6.45) is 2.63. The number of carbonyl (C=O) groups excluding carboxylic acids is 1. The molecule has 1 aromatic rings. The summed E-state index contributed by atoms with van der Waals surface area (Å²) >= 11 is 0. The molecule has 0 aromatic carbocycles. The highest BCUT2D eigenvalue weighted by atomic mass is 16.1. The van der Waals surface area contributed by atoms with E-state index in [9.17, 15) is 4.79 Å². The minimum absolute atomic E-state index is 0.0273. The molecule has 1 amide bonds. The summed E-state index contributed by atoms with van der Waals surface area (Å²) in [6, 6.07) is 1.94. The molecule has 0 bridgehead atoms. The Kier molecular flexibility index (Phi) is 2.58. The molecule has 1 aromatic heterocycles. The molecule has 0 aliphatic carbocycles. The van der Waals surface area contributed by atoms with Crippen LogP contribution in [0.4, 0.5) is 11.5 Å². The molecular formula is C11H15N3O. The SMILES string of the molecule is CCC1CNc2ncc(C)cc2NC1=O. The fraction of sp³-hybridized carbons (Fsp3) is 0.455. The first-order valence-electron chi connectivity index (χ1n) is 5.22. The van der Waals surface area contributed by atoms with Crippen LogP contribution in [-0.2, 0) is 4.79 Å². The number of aryl methyl sites for hydroxylation is 1. The molecule has 15 heavy (non-hydrogen) atoms. The van der Waals surface area contributed by atoms with E-state index in [1.807, 2.05) is 19.9 Å². The highest BCUT2D eigenvalue weighted by Gasteiger charge is 2.22. The van der Waals surface area contributed by atoms with E-state index in [0.29, 0.717) is 6.54 Å².